The number of unbranched alkanes of at least 4 members (excludes halogenated alkanes) is 2. The van der Waals surface area contributed by atoms with Crippen LogP contribution in [0.3, 0.4) is 0 Å². The zero-order valence-corrected chi connectivity index (χ0v) is 20.1. The largest absolute Gasteiger partial charge is 0.456 e. The molecule has 0 spiro atoms. The number of nitrogens with zero attached hydrogens (tertiary/aromatic N) is 3. The molecular weight excluding hydrogens is 426 g/mol. The van der Waals surface area contributed by atoms with E-state index < -0.39 is 17.8 Å². The summed E-state index contributed by atoms with van der Waals surface area (Å²) in [6, 6.07) is 0. The molecule has 186 valence electrons. The Morgan fingerprint density at radius 2 is 1.82 bits per heavy atom. The lowest BCUT2D eigenvalue weighted by molar-refractivity contribution is -0.228. The molecular formula is C24H39N3O6. The van der Waals surface area contributed by atoms with Crippen LogP contribution in [0.2, 0.25) is 0 Å². The van der Waals surface area contributed by atoms with Crippen LogP contribution in [0.5, 0.6) is 0 Å². The van der Waals surface area contributed by atoms with Crippen LogP contribution in [0, 0.1) is 0 Å². The van der Waals surface area contributed by atoms with Crippen molar-refractivity contribution in [2.75, 3.05) is 19.8 Å². The van der Waals surface area contributed by atoms with Gasteiger partial charge in [-0.1, -0.05) is 31.0 Å². The molecule has 1 aliphatic carbocycles. The molecule has 2 aliphatic heterocycles. The lowest BCUT2D eigenvalue weighted by Crippen LogP contribution is -2.40. The van der Waals surface area contributed by atoms with E-state index in [-0.39, 0.29) is 25.1 Å². The molecule has 0 bridgehead atoms. The molecule has 0 N–H and O–H groups in total. The molecule has 5 atom stereocenters. The molecule has 0 aromatic rings. The highest BCUT2D eigenvalue weighted by Gasteiger charge is 2.50. The second kappa shape index (κ2) is 13.3. The van der Waals surface area contributed by atoms with Crippen LogP contribution in [0.4, 0.5) is 0 Å². The summed E-state index contributed by atoms with van der Waals surface area (Å²) in [5.74, 6) is -0.345. The van der Waals surface area contributed by atoms with Crippen molar-refractivity contribution in [1.82, 2.24) is 0 Å². The molecule has 33 heavy (non-hydrogen) atoms. The molecule has 9 nitrogen and oxygen atoms in total. The van der Waals surface area contributed by atoms with Crippen LogP contribution >= 0.6 is 0 Å². The van der Waals surface area contributed by atoms with Crippen LogP contribution < -0.4 is 0 Å². The molecule has 0 aromatic carbocycles. The van der Waals surface area contributed by atoms with Gasteiger partial charge in [0.05, 0.1) is 12.1 Å². The summed E-state index contributed by atoms with van der Waals surface area (Å²) in [7, 11) is 0. The second-order valence-corrected chi connectivity index (χ2v) is 9.34. The minimum absolute atomic E-state index is 0.133. The number of hydrogen-bond donors (Lipinski definition) is 0. The summed E-state index contributed by atoms with van der Waals surface area (Å²) in [5.41, 5.74) is 8.78. The van der Waals surface area contributed by atoms with Gasteiger partial charge in [0.2, 0.25) is 0 Å². The van der Waals surface area contributed by atoms with Gasteiger partial charge < -0.3 is 23.7 Å². The number of ether oxygens (including phenoxy) is 5. The highest BCUT2D eigenvalue weighted by molar-refractivity contribution is 5.87. The van der Waals surface area contributed by atoms with Gasteiger partial charge in [0, 0.05) is 36.5 Å². The number of esters is 1. The van der Waals surface area contributed by atoms with Gasteiger partial charge >= 0.3 is 5.97 Å². The monoisotopic (exact) mass is 465 g/mol. The van der Waals surface area contributed by atoms with E-state index in [9.17, 15) is 4.79 Å². The zero-order chi connectivity index (χ0) is 23.5. The van der Waals surface area contributed by atoms with Gasteiger partial charge in [-0.15, -0.1) is 0 Å². The van der Waals surface area contributed by atoms with Crippen molar-refractivity contribution >= 4 is 5.97 Å². The lowest BCUT2D eigenvalue weighted by Gasteiger charge is -2.34. The normalized spacial score (nSPS) is 32.8. The van der Waals surface area contributed by atoms with Crippen molar-refractivity contribution in [2.24, 2.45) is 5.11 Å². The summed E-state index contributed by atoms with van der Waals surface area (Å²) >= 11 is 0. The first-order valence-corrected chi connectivity index (χ1v) is 12.5. The third-order valence-corrected chi connectivity index (χ3v) is 6.56. The van der Waals surface area contributed by atoms with Crippen molar-refractivity contribution in [1.29, 1.82) is 0 Å². The Kier molecular flexibility index (Phi) is 10.5. The fourth-order valence-corrected chi connectivity index (χ4v) is 4.69. The summed E-state index contributed by atoms with van der Waals surface area (Å²) in [6.07, 6.45) is 9.80. The number of carbonyl (C=O) groups excluding carboxylic acids is 1. The van der Waals surface area contributed by atoms with Crippen LogP contribution in [-0.2, 0) is 28.5 Å². The van der Waals surface area contributed by atoms with Crippen LogP contribution in [-0.4, -0.2) is 56.1 Å². The molecule has 2 saturated heterocycles. The van der Waals surface area contributed by atoms with Crippen molar-refractivity contribution in [3.63, 3.8) is 0 Å². The van der Waals surface area contributed by atoms with Crippen molar-refractivity contribution < 1.29 is 28.5 Å². The maximum Gasteiger partial charge on any atom is 0.333 e. The maximum atomic E-state index is 12.8. The van der Waals surface area contributed by atoms with Crippen molar-refractivity contribution in [2.45, 2.75) is 115 Å². The highest BCUT2D eigenvalue weighted by atomic mass is 16.7. The molecule has 3 fully saturated rings. The molecule has 0 aromatic heterocycles. The predicted octanol–water partition coefficient (Wildman–Crippen LogP) is 5.33. The SMILES string of the molecule is CCCCC=C(C)C(=O)OC1CC(CN=[N+]=[N-])(OC2CCCCO2)CC1OC1CCCCO1. The smallest absolute Gasteiger partial charge is 0.333 e. The number of hydrogen-bond acceptors (Lipinski definition) is 7. The molecule has 5 unspecified atom stereocenters. The van der Waals surface area contributed by atoms with E-state index in [0.717, 1.165) is 57.8 Å². The Morgan fingerprint density at radius 3 is 2.45 bits per heavy atom. The quantitative estimate of drug-likeness (QED) is 0.102. The van der Waals surface area contributed by atoms with Gasteiger partial charge in [-0.25, -0.2) is 4.79 Å². The molecule has 0 radical (unpaired) electrons. The summed E-state index contributed by atoms with van der Waals surface area (Å²) in [5, 5.41) is 3.83. The summed E-state index contributed by atoms with van der Waals surface area (Å²) < 4.78 is 30.2. The minimum atomic E-state index is -0.807. The number of allylic oxidation sites excluding steroid dienone is 1. The van der Waals surface area contributed by atoms with Gasteiger partial charge in [0.15, 0.2) is 12.6 Å². The lowest BCUT2D eigenvalue weighted by atomic mass is 10.0. The van der Waals surface area contributed by atoms with Gasteiger partial charge in [-0.3, -0.25) is 0 Å². The average molecular weight is 466 g/mol. The van der Waals surface area contributed by atoms with Crippen LogP contribution in [0.1, 0.15) is 84.5 Å². The number of azide groups is 1. The predicted molar refractivity (Wildman–Crippen MR) is 122 cm³/mol. The Hall–Kier alpha value is -1.64. The average Bonchev–Trinajstić information content (AvgIpc) is 3.15. The number of carbonyl (C=O) groups is 1. The van der Waals surface area contributed by atoms with E-state index in [1.807, 2.05) is 6.08 Å². The first kappa shape index (κ1) is 26.0. The Bertz CT molecular complexity index is 698. The maximum absolute atomic E-state index is 12.8. The van der Waals surface area contributed by atoms with E-state index in [1.165, 1.54) is 0 Å². The van der Waals surface area contributed by atoms with E-state index >= 15 is 0 Å². The Labute approximate surface area is 196 Å². The fourth-order valence-electron chi connectivity index (χ4n) is 4.69. The minimum Gasteiger partial charge on any atom is -0.456 e. The van der Waals surface area contributed by atoms with Crippen LogP contribution in [0.15, 0.2) is 16.8 Å². The Morgan fingerprint density at radius 1 is 1.12 bits per heavy atom. The highest BCUT2D eigenvalue weighted by Crippen LogP contribution is 2.41. The first-order chi connectivity index (χ1) is 16.0. The van der Waals surface area contributed by atoms with Gasteiger partial charge in [0.25, 0.3) is 0 Å². The van der Waals surface area contributed by atoms with Gasteiger partial charge in [0.1, 0.15) is 12.2 Å². The van der Waals surface area contributed by atoms with Crippen molar-refractivity contribution in [3.8, 4) is 0 Å². The third kappa shape index (κ3) is 7.97. The molecule has 3 aliphatic rings. The van der Waals surface area contributed by atoms with Crippen LogP contribution in [0.25, 0.3) is 10.4 Å². The van der Waals surface area contributed by atoms with E-state index in [1.54, 1.807) is 6.92 Å². The molecule has 0 amide bonds. The number of rotatable bonds is 11. The summed E-state index contributed by atoms with van der Waals surface area (Å²) in [4.78, 5) is 15.8. The first-order valence-electron chi connectivity index (χ1n) is 12.5. The second-order valence-electron chi connectivity index (χ2n) is 9.34. The fraction of sp³-hybridized carbons (Fsp3) is 0.875. The van der Waals surface area contributed by atoms with E-state index in [4.69, 9.17) is 29.2 Å². The molecule has 9 heteroatoms. The topological polar surface area (TPSA) is 112 Å². The third-order valence-electron chi connectivity index (χ3n) is 6.56. The zero-order valence-electron chi connectivity index (χ0n) is 20.1. The Balaban J connectivity index is 1.74. The molecule has 3 rings (SSSR count). The summed E-state index contributed by atoms with van der Waals surface area (Å²) in [6.45, 7) is 5.35. The van der Waals surface area contributed by atoms with Crippen molar-refractivity contribution in [3.05, 3.63) is 22.1 Å². The van der Waals surface area contributed by atoms with Gasteiger partial charge in [-0.05, 0) is 57.4 Å². The standard InChI is InChI=1S/C24H39N3O6/c1-3-4-5-10-18(2)23(28)32-20-16-24(17-26-27-25,33-22-12-7-9-14-30-22)15-19(20)31-21-11-6-8-13-29-21/h10,19-22H,3-9,11-17H2,1-2H3. The van der Waals surface area contributed by atoms with Gasteiger partial charge in [-0.2, -0.15) is 0 Å². The van der Waals surface area contributed by atoms with E-state index in [2.05, 4.69) is 16.9 Å². The van der Waals surface area contributed by atoms with E-state index in [0.29, 0.717) is 31.6 Å². The molecule has 2 heterocycles. The molecule has 1 saturated carbocycles.